The summed E-state index contributed by atoms with van der Waals surface area (Å²) in [5, 5.41) is 3.64. The van der Waals surface area contributed by atoms with E-state index in [1.54, 1.807) is 0 Å². The van der Waals surface area contributed by atoms with E-state index in [0.717, 1.165) is 12.0 Å². The van der Waals surface area contributed by atoms with E-state index < -0.39 is 0 Å². The Hall–Kier alpha value is -2.05. The van der Waals surface area contributed by atoms with Gasteiger partial charge in [-0.3, -0.25) is 0 Å². The number of rotatable bonds is 2. The third kappa shape index (κ3) is 2.47. The fourth-order valence-corrected chi connectivity index (χ4v) is 0.851. The highest BCUT2D eigenvalue weighted by atomic mass is 16.5. The molecule has 0 aliphatic heterocycles. The third-order valence-corrected chi connectivity index (χ3v) is 1.47. The van der Waals surface area contributed by atoms with Gasteiger partial charge in [0.15, 0.2) is 5.96 Å². The minimum absolute atomic E-state index is 0.0476. The first-order valence-electron chi connectivity index (χ1n) is 4.00. The summed E-state index contributed by atoms with van der Waals surface area (Å²) in [5.74, 6) is 0.205. The van der Waals surface area contributed by atoms with Crippen LogP contribution in [0.2, 0.25) is 0 Å². The van der Waals surface area contributed by atoms with Crippen molar-refractivity contribution >= 4 is 17.7 Å². The summed E-state index contributed by atoms with van der Waals surface area (Å²) in [6.45, 7) is 1.95. The largest absolute Gasteiger partial charge is 0.370 e. The van der Waals surface area contributed by atoms with E-state index in [1.165, 1.54) is 6.26 Å². The van der Waals surface area contributed by atoms with Crippen LogP contribution in [0.15, 0.2) is 20.8 Å². The Morgan fingerprint density at radius 3 is 2.79 bits per heavy atom. The van der Waals surface area contributed by atoms with Crippen molar-refractivity contribution in [1.82, 2.24) is 5.16 Å². The van der Waals surface area contributed by atoms with Gasteiger partial charge in [-0.05, 0) is 6.42 Å². The van der Waals surface area contributed by atoms with E-state index in [0.29, 0.717) is 5.82 Å². The second kappa shape index (κ2) is 4.26. The standard InChI is InChI=1S/C7H12N6O/c1-2-4-3-14-13-5(4)11-7(10)12-6(8)9/h3H,2H2,1H3,(H6,8,9,10,11,12,13). The molecule has 0 aliphatic rings. The number of aromatic nitrogens is 1. The summed E-state index contributed by atoms with van der Waals surface area (Å²) in [6.07, 6.45) is 2.25. The van der Waals surface area contributed by atoms with E-state index in [-0.39, 0.29) is 11.9 Å². The summed E-state index contributed by atoms with van der Waals surface area (Å²) in [5.41, 5.74) is 16.5. The Morgan fingerprint density at radius 1 is 1.50 bits per heavy atom. The van der Waals surface area contributed by atoms with Gasteiger partial charge in [0.25, 0.3) is 0 Å². The van der Waals surface area contributed by atoms with E-state index in [2.05, 4.69) is 15.1 Å². The molecule has 0 aromatic carbocycles. The predicted octanol–water partition coefficient (Wildman–Crippen LogP) is -0.543. The molecular formula is C7H12N6O. The molecule has 7 nitrogen and oxygen atoms in total. The van der Waals surface area contributed by atoms with Gasteiger partial charge in [-0.25, -0.2) is 0 Å². The average molecular weight is 196 g/mol. The van der Waals surface area contributed by atoms with Crippen molar-refractivity contribution < 1.29 is 4.52 Å². The van der Waals surface area contributed by atoms with Crippen LogP contribution in [0.5, 0.6) is 0 Å². The summed E-state index contributed by atoms with van der Waals surface area (Å²) in [6, 6.07) is 0. The Bertz CT molecular complexity index is 362. The quantitative estimate of drug-likeness (QED) is 0.432. The second-order valence-electron chi connectivity index (χ2n) is 2.52. The predicted molar refractivity (Wildman–Crippen MR) is 53.0 cm³/mol. The number of guanidine groups is 2. The molecule has 0 saturated carbocycles. The molecule has 0 unspecified atom stereocenters. The Kier molecular flexibility index (Phi) is 3.05. The Labute approximate surface area is 80.7 Å². The van der Waals surface area contributed by atoms with Crippen LogP contribution >= 0.6 is 0 Å². The molecule has 76 valence electrons. The van der Waals surface area contributed by atoms with Crippen LogP contribution in [0.25, 0.3) is 0 Å². The maximum absolute atomic E-state index is 5.41. The number of hydrogen-bond acceptors (Lipinski definition) is 3. The fraction of sp³-hybridized carbons (Fsp3) is 0.286. The highest BCUT2D eigenvalue weighted by Gasteiger charge is 2.04. The Balaban J connectivity index is 2.91. The summed E-state index contributed by atoms with van der Waals surface area (Å²) >= 11 is 0. The molecule has 14 heavy (non-hydrogen) atoms. The first-order chi connectivity index (χ1) is 6.63. The molecule has 0 bridgehead atoms. The maximum Gasteiger partial charge on any atom is 0.225 e. The lowest BCUT2D eigenvalue weighted by atomic mass is 10.3. The fourth-order valence-electron chi connectivity index (χ4n) is 0.851. The SMILES string of the molecule is CCc1conc1N=C(N)N=C(N)N. The second-order valence-corrected chi connectivity index (χ2v) is 2.52. The van der Waals surface area contributed by atoms with E-state index in [1.807, 2.05) is 6.92 Å². The van der Waals surface area contributed by atoms with Crippen LogP contribution < -0.4 is 17.2 Å². The zero-order valence-corrected chi connectivity index (χ0v) is 7.77. The van der Waals surface area contributed by atoms with Gasteiger partial charge in [-0.15, -0.1) is 0 Å². The summed E-state index contributed by atoms with van der Waals surface area (Å²) < 4.78 is 4.72. The number of hydrogen-bond donors (Lipinski definition) is 3. The lowest BCUT2D eigenvalue weighted by Gasteiger charge is -1.93. The molecule has 1 rings (SSSR count). The molecule has 0 radical (unpaired) electrons. The molecule has 0 amide bonds. The number of nitrogens with zero attached hydrogens (tertiary/aromatic N) is 3. The monoisotopic (exact) mass is 196 g/mol. The van der Waals surface area contributed by atoms with E-state index >= 15 is 0 Å². The number of aryl methyl sites for hydroxylation is 1. The third-order valence-electron chi connectivity index (χ3n) is 1.47. The molecule has 0 fully saturated rings. The maximum atomic E-state index is 5.41. The van der Waals surface area contributed by atoms with Crippen molar-refractivity contribution in [2.24, 2.45) is 27.2 Å². The van der Waals surface area contributed by atoms with Gasteiger partial charge in [0.05, 0.1) is 0 Å². The van der Waals surface area contributed by atoms with Crippen LogP contribution in [0.3, 0.4) is 0 Å². The smallest absolute Gasteiger partial charge is 0.225 e. The zero-order chi connectivity index (χ0) is 10.6. The van der Waals surface area contributed by atoms with Crippen LogP contribution in [-0.2, 0) is 6.42 Å². The van der Waals surface area contributed by atoms with Gasteiger partial charge >= 0.3 is 0 Å². The summed E-state index contributed by atoms with van der Waals surface area (Å²) in [4.78, 5) is 7.42. The molecule has 1 aromatic heterocycles. The normalized spacial score (nSPS) is 11.4. The van der Waals surface area contributed by atoms with E-state index in [9.17, 15) is 0 Å². The van der Waals surface area contributed by atoms with Crippen molar-refractivity contribution in [3.8, 4) is 0 Å². The van der Waals surface area contributed by atoms with Gasteiger partial charge < -0.3 is 21.7 Å². The molecular weight excluding hydrogens is 184 g/mol. The van der Waals surface area contributed by atoms with Gasteiger partial charge in [-0.1, -0.05) is 12.1 Å². The van der Waals surface area contributed by atoms with Crippen LogP contribution in [0.1, 0.15) is 12.5 Å². The summed E-state index contributed by atoms with van der Waals surface area (Å²) in [7, 11) is 0. The van der Waals surface area contributed by atoms with E-state index in [4.69, 9.17) is 21.7 Å². The van der Waals surface area contributed by atoms with Gasteiger partial charge in [0.1, 0.15) is 6.26 Å². The van der Waals surface area contributed by atoms with Crippen molar-refractivity contribution in [1.29, 1.82) is 0 Å². The van der Waals surface area contributed by atoms with Gasteiger partial charge in [-0.2, -0.15) is 9.98 Å². The number of nitrogens with two attached hydrogens (primary N) is 3. The topological polar surface area (TPSA) is 129 Å². The van der Waals surface area contributed by atoms with Crippen molar-refractivity contribution in [3.05, 3.63) is 11.8 Å². The molecule has 6 N–H and O–H groups in total. The molecule has 1 aromatic rings. The van der Waals surface area contributed by atoms with Crippen LogP contribution in [0, 0.1) is 0 Å². The average Bonchev–Trinajstić information content (AvgIpc) is 2.50. The highest BCUT2D eigenvalue weighted by molar-refractivity contribution is 5.93. The molecule has 0 saturated heterocycles. The van der Waals surface area contributed by atoms with Crippen molar-refractivity contribution in [3.63, 3.8) is 0 Å². The minimum Gasteiger partial charge on any atom is -0.370 e. The van der Waals surface area contributed by atoms with Crippen LogP contribution in [-0.4, -0.2) is 17.1 Å². The molecule has 7 heteroatoms. The molecule has 0 aliphatic carbocycles. The molecule has 1 heterocycles. The minimum atomic E-state index is -0.146. The van der Waals surface area contributed by atoms with Gasteiger partial charge in [0.2, 0.25) is 11.8 Å². The zero-order valence-electron chi connectivity index (χ0n) is 7.77. The lowest BCUT2D eigenvalue weighted by Crippen LogP contribution is -2.26. The lowest BCUT2D eigenvalue weighted by molar-refractivity contribution is 0.421. The molecule has 0 atom stereocenters. The van der Waals surface area contributed by atoms with Crippen LogP contribution in [0.4, 0.5) is 5.82 Å². The first kappa shape index (κ1) is 10.0. The first-order valence-corrected chi connectivity index (χ1v) is 4.00. The van der Waals surface area contributed by atoms with Crippen molar-refractivity contribution in [2.75, 3.05) is 0 Å². The van der Waals surface area contributed by atoms with Gasteiger partial charge in [0, 0.05) is 5.56 Å². The highest BCUT2D eigenvalue weighted by Crippen LogP contribution is 2.16. The Morgan fingerprint density at radius 2 is 2.21 bits per heavy atom. The molecule has 0 spiro atoms. The number of aliphatic imine (C=N–C) groups is 2. The van der Waals surface area contributed by atoms with Crippen molar-refractivity contribution in [2.45, 2.75) is 13.3 Å².